The summed E-state index contributed by atoms with van der Waals surface area (Å²) in [6.07, 6.45) is 3.25. The number of nitriles is 1. The van der Waals surface area contributed by atoms with Crippen LogP contribution in [0.1, 0.15) is 21.5 Å². The summed E-state index contributed by atoms with van der Waals surface area (Å²) in [5.41, 5.74) is 2.09. The Hall–Kier alpha value is -2.86. The van der Waals surface area contributed by atoms with Gasteiger partial charge in [-0.1, -0.05) is 18.2 Å². The molecule has 0 fully saturated rings. The van der Waals surface area contributed by atoms with E-state index in [-0.39, 0.29) is 5.78 Å². The van der Waals surface area contributed by atoms with Gasteiger partial charge in [-0.05, 0) is 48.0 Å². The number of benzene rings is 2. The smallest absolute Gasteiger partial charge is 0.185 e. The van der Waals surface area contributed by atoms with Gasteiger partial charge in [0.2, 0.25) is 0 Å². The molecule has 0 aliphatic rings. The third kappa shape index (κ3) is 3.33. The number of ketones is 1. The number of allylic oxidation sites excluding steroid dienone is 1. The van der Waals surface area contributed by atoms with E-state index in [2.05, 4.69) is 6.07 Å². The van der Waals surface area contributed by atoms with Gasteiger partial charge in [-0.15, -0.1) is 0 Å². The zero-order valence-electron chi connectivity index (χ0n) is 11.0. The Labute approximate surface area is 117 Å². The number of nitrogens with zero attached hydrogens (tertiary/aromatic N) is 1. The Kier molecular flexibility index (Phi) is 4.31. The first kappa shape index (κ1) is 13.6. The van der Waals surface area contributed by atoms with Crippen LogP contribution in [-0.2, 0) is 0 Å². The van der Waals surface area contributed by atoms with Crippen molar-refractivity contribution in [3.8, 4) is 11.8 Å². The Bertz CT molecular complexity index is 662. The minimum Gasteiger partial charge on any atom is -0.497 e. The van der Waals surface area contributed by atoms with Gasteiger partial charge in [-0.3, -0.25) is 4.79 Å². The molecule has 2 aromatic rings. The third-order valence-electron chi connectivity index (χ3n) is 2.84. The molecule has 0 spiro atoms. The van der Waals surface area contributed by atoms with Crippen molar-refractivity contribution in [1.29, 1.82) is 5.26 Å². The molecular weight excluding hydrogens is 250 g/mol. The second-order valence-corrected chi connectivity index (χ2v) is 4.16. The fraction of sp³-hybridized carbons (Fsp3) is 0.0588. The lowest BCUT2D eigenvalue weighted by Gasteiger charge is -2.00. The normalized spacial score (nSPS) is 10.2. The lowest BCUT2D eigenvalue weighted by Crippen LogP contribution is -1.94. The predicted molar refractivity (Wildman–Crippen MR) is 77.5 cm³/mol. The molecule has 0 saturated carbocycles. The molecule has 0 amide bonds. The molecule has 98 valence electrons. The van der Waals surface area contributed by atoms with E-state index < -0.39 is 0 Å². The number of carbonyl (C=O) groups is 1. The van der Waals surface area contributed by atoms with Gasteiger partial charge >= 0.3 is 0 Å². The van der Waals surface area contributed by atoms with Crippen molar-refractivity contribution in [2.45, 2.75) is 0 Å². The van der Waals surface area contributed by atoms with Crippen LogP contribution in [-0.4, -0.2) is 12.9 Å². The molecule has 0 heterocycles. The zero-order chi connectivity index (χ0) is 14.4. The summed E-state index contributed by atoms with van der Waals surface area (Å²) in [5, 5.41) is 8.71. The number of rotatable bonds is 4. The maximum atomic E-state index is 12.0. The van der Waals surface area contributed by atoms with E-state index in [0.717, 1.165) is 11.3 Å². The molecule has 0 aromatic heterocycles. The minimum absolute atomic E-state index is 0.0722. The molecule has 0 aliphatic heterocycles. The summed E-state index contributed by atoms with van der Waals surface area (Å²) < 4.78 is 5.04. The number of hydrogen-bond donors (Lipinski definition) is 0. The average molecular weight is 263 g/mol. The lowest BCUT2D eigenvalue weighted by molar-refractivity contribution is 0.104. The number of hydrogen-bond acceptors (Lipinski definition) is 3. The molecule has 20 heavy (non-hydrogen) atoms. The first-order valence-electron chi connectivity index (χ1n) is 6.09. The quantitative estimate of drug-likeness (QED) is 0.627. The molecular formula is C17H13NO2. The Balaban J connectivity index is 2.09. The summed E-state index contributed by atoms with van der Waals surface area (Å²) in [6.45, 7) is 0. The van der Waals surface area contributed by atoms with Gasteiger partial charge in [0.05, 0.1) is 18.7 Å². The van der Waals surface area contributed by atoms with Crippen LogP contribution in [0.4, 0.5) is 0 Å². The van der Waals surface area contributed by atoms with E-state index in [9.17, 15) is 4.79 Å². The van der Waals surface area contributed by atoms with E-state index in [1.54, 1.807) is 61.7 Å². The van der Waals surface area contributed by atoms with Crippen molar-refractivity contribution >= 4 is 11.9 Å². The topological polar surface area (TPSA) is 50.1 Å². The Morgan fingerprint density at radius 1 is 1.10 bits per heavy atom. The molecule has 0 atom stereocenters. The first-order valence-corrected chi connectivity index (χ1v) is 6.09. The van der Waals surface area contributed by atoms with Crippen molar-refractivity contribution in [3.05, 3.63) is 71.3 Å². The van der Waals surface area contributed by atoms with Crippen molar-refractivity contribution in [3.63, 3.8) is 0 Å². The van der Waals surface area contributed by atoms with Gasteiger partial charge in [-0.2, -0.15) is 5.26 Å². The van der Waals surface area contributed by atoms with Crippen molar-refractivity contribution < 1.29 is 9.53 Å². The summed E-state index contributed by atoms with van der Waals surface area (Å²) in [5.74, 6) is 0.648. The van der Waals surface area contributed by atoms with Crippen LogP contribution < -0.4 is 4.74 Å². The fourth-order valence-electron chi connectivity index (χ4n) is 1.69. The molecule has 0 radical (unpaired) electrons. The molecule has 3 nitrogen and oxygen atoms in total. The molecule has 0 unspecified atom stereocenters. The van der Waals surface area contributed by atoms with Crippen LogP contribution in [0.3, 0.4) is 0 Å². The second kappa shape index (κ2) is 6.35. The van der Waals surface area contributed by atoms with Crippen molar-refractivity contribution in [2.75, 3.05) is 7.11 Å². The molecule has 0 saturated heterocycles. The maximum Gasteiger partial charge on any atom is 0.185 e. The third-order valence-corrected chi connectivity index (χ3v) is 2.84. The maximum absolute atomic E-state index is 12.0. The molecule has 0 bridgehead atoms. The van der Waals surface area contributed by atoms with Gasteiger partial charge in [0.1, 0.15) is 5.75 Å². The van der Waals surface area contributed by atoms with Crippen molar-refractivity contribution in [2.24, 2.45) is 0 Å². The molecule has 2 aromatic carbocycles. The second-order valence-electron chi connectivity index (χ2n) is 4.16. The van der Waals surface area contributed by atoms with Gasteiger partial charge in [0.15, 0.2) is 5.78 Å². The fourth-order valence-corrected chi connectivity index (χ4v) is 1.69. The number of carbonyl (C=O) groups excluding carboxylic acids is 1. The van der Waals surface area contributed by atoms with Crippen LogP contribution >= 0.6 is 0 Å². The highest BCUT2D eigenvalue weighted by molar-refractivity contribution is 6.06. The van der Waals surface area contributed by atoms with Crippen LogP contribution in [0.2, 0.25) is 0 Å². The molecule has 0 aliphatic carbocycles. The van der Waals surface area contributed by atoms with E-state index in [4.69, 9.17) is 10.00 Å². The van der Waals surface area contributed by atoms with E-state index in [1.165, 1.54) is 6.08 Å². The van der Waals surface area contributed by atoms with Crippen LogP contribution in [0.15, 0.2) is 54.6 Å². The zero-order valence-corrected chi connectivity index (χ0v) is 11.0. The predicted octanol–water partition coefficient (Wildman–Crippen LogP) is 3.46. The summed E-state index contributed by atoms with van der Waals surface area (Å²) in [7, 11) is 1.58. The first-order chi connectivity index (χ1) is 9.72. The van der Waals surface area contributed by atoms with Gasteiger partial charge in [0.25, 0.3) is 0 Å². The van der Waals surface area contributed by atoms with E-state index in [0.29, 0.717) is 11.1 Å². The summed E-state index contributed by atoms with van der Waals surface area (Å²) in [6, 6.07) is 16.1. The summed E-state index contributed by atoms with van der Waals surface area (Å²) in [4.78, 5) is 12.0. The molecule has 2 rings (SSSR count). The SMILES string of the molecule is COc1ccc(C(=O)/C=C/c2ccc(C#N)cc2)cc1. The summed E-state index contributed by atoms with van der Waals surface area (Å²) >= 11 is 0. The Morgan fingerprint density at radius 3 is 2.30 bits per heavy atom. The van der Waals surface area contributed by atoms with Crippen LogP contribution in [0.25, 0.3) is 6.08 Å². The van der Waals surface area contributed by atoms with Gasteiger partial charge in [-0.25, -0.2) is 0 Å². The highest BCUT2D eigenvalue weighted by Gasteiger charge is 2.01. The number of methoxy groups -OCH3 is 1. The van der Waals surface area contributed by atoms with E-state index >= 15 is 0 Å². The van der Waals surface area contributed by atoms with E-state index in [1.807, 2.05) is 0 Å². The largest absolute Gasteiger partial charge is 0.497 e. The highest BCUT2D eigenvalue weighted by Crippen LogP contribution is 2.13. The van der Waals surface area contributed by atoms with Crippen molar-refractivity contribution in [1.82, 2.24) is 0 Å². The van der Waals surface area contributed by atoms with Crippen LogP contribution in [0.5, 0.6) is 5.75 Å². The highest BCUT2D eigenvalue weighted by atomic mass is 16.5. The molecule has 3 heteroatoms. The molecule has 0 N–H and O–H groups in total. The average Bonchev–Trinajstić information content (AvgIpc) is 2.53. The minimum atomic E-state index is -0.0722. The number of ether oxygens (including phenoxy) is 1. The van der Waals surface area contributed by atoms with Gasteiger partial charge < -0.3 is 4.74 Å². The Morgan fingerprint density at radius 2 is 1.75 bits per heavy atom. The standard InChI is InChI=1S/C17H13NO2/c1-20-16-9-7-15(8-10-16)17(19)11-6-13-2-4-14(12-18)5-3-13/h2-11H,1H3/b11-6+. The van der Waals surface area contributed by atoms with Gasteiger partial charge in [0, 0.05) is 5.56 Å². The lowest BCUT2D eigenvalue weighted by atomic mass is 10.1. The van der Waals surface area contributed by atoms with Crippen LogP contribution in [0, 0.1) is 11.3 Å². The monoisotopic (exact) mass is 263 g/mol.